The average molecular weight is 302 g/mol. The van der Waals surface area contributed by atoms with Crippen LogP contribution in [0.3, 0.4) is 0 Å². The molecule has 0 amide bonds. The van der Waals surface area contributed by atoms with E-state index in [0.29, 0.717) is 6.54 Å². The Morgan fingerprint density at radius 2 is 2.12 bits per heavy atom. The highest BCUT2D eigenvalue weighted by molar-refractivity contribution is 9.10. The van der Waals surface area contributed by atoms with Gasteiger partial charge in [-0.1, -0.05) is 19.9 Å². The molecule has 96 valence electrons. The molecule has 0 heterocycles. The predicted molar refractivity (Wildman–Crippen MR) is 73.2 cm³/mol. The lowest BCUT2D eigenvalue weighted by Crippen LogP contribution is -2.30. The Bertz CT molecular complexity index is 355. The molecule has 0 fully saturated rings. The Hall–Kier alpha value is -0.580. The van der Waals surface area contributed by atoms with Crippen LogP contribution >= 0.6 is 15.9 Å². The second-order valence-electron chi connectivity index (χ2n) is 4.41. The lowest BCUT2D eigenvalue weighted by Gasteiger charge is -2.15. The molecule has 17 heavy (non-hydrogen) atoms. The van der Waals surface area contributed by atoms with E-state index in [-0.39, 0.29) is 12.0 Å². The van der Waals surface area contributed by atoms with Crippen LogP contribution in [0.1, 0.15) is 19.4 Å². The number of methoxy groups -OCH3 is 1. The minimum Gasteiger partial charge on any atom is -0.496 e. The fourth-order valence-electron chi connectivity index (χ4n) is 1.42. The lowest BCUT2D eigenvalue weighted by atomic mass is 10.1. The number of ether oxygens (including phenoxy) is 1. The first-order valence-electron chi connectivity index (χ1n) is 5.75. The van der Waals surface area contributed by atoms with Crippen molar-refractivity contribution in [2.24, 2.45) is 5.92 Å². The van der Waals surface area contributed by atoms with E-state index >= 15 is 0 Å². The first kappa shape index (κ1) is 14.5. The van der Waals surface area contributed by atoms with Crippen LogP contribution in [-0.4, -0.2) is 24.9 Å². The van der Waals surface area contributed by atoms with Gasteiger partial charge in [-0.05, 0) is 39.5 Å². The van der Waals surface area contributed by atoms with E-state index in [0.717, 1.165) is 22.3 Å². The maximum Gasteiger partial charge on any atom is 0.133 e. The third-order valence-corrected chi connectivity index (χ3v) is 3.29. The van der Waals surface area contributed by atoms with Gasteiger partial charge in [-0.25, -0.2) is 0 Å². The van der Waals surface area contributed by atoms with Gasteiger partial charge in [0.15, 0.2) is 0 Å². The van der Waals surface area contributed by atoms with Gasteiger partial charge in [-0.15, -0.1) is 0 Å². The molecule has 3 nitrogen and oxygen atoms in total. The van der Waals surface area contributed by atoms with Crippen LogP contribution in [0.15, 0.2) is 22.7 Å². The van der Waals surface area contributed by atoms with Crippen LogP contribution in [-0.2, 0) is 6.54 Å². The molecule has 1 aromatic carbocycles. The Morgan fingerprint density at radius 3 is 2.65 bits per heavy atom. The van der Waals surface area contributed by atoms with E-state index in [1.807, 2.05) is 32.0 Å². The standard InChI is InChI=1S/C13H20BrNO2/c1-9(2)12(16)8-15-7-10-4-5-13(17-3)11(14)6-10/h4-6,9,12,15-16H,7-8H2,1-3H3. The molecule has 0 spiro atoms. The third kappa shape index (κ3) is 4.66. The average Bonchev–Trinajstić information content (AvgIpc) is 2.29. The van der Waals surface area contributed by atoms with Crippen molar-refractivity contribution in [2.45, 2.75) is 26.5 Å². The summed E-state index contributed by atoms with van der Waals surface area (Å²) >= 11 is 3.45. The second kappa shape index (κ2) is 6.99. The summed E-state index contributed by atoms with van der Waals surface area (Å²) in [5.41, 5.74) is 1.16. The molecule has 2 N–H and O–H groups in total. The number of aliphatic hydroxyl groups excluding tert-OH is 1. The predicted octanol–water partition coefficient (Wildman–Crippen LogP) is 2.56. The van der Waals surface area contributed by atoms with E-state index in [1.165, 1.54) is 0 Å². The van der Waals surface area contributed by atoms with Crippen molar-refractivity contribution >= 4 is 15.9 Å². The summed E-state index contributed by atoms with van der Waals surface area (Å²) in [6, 6.07) is 5.96. The summed E-state index contributed by atoms with van der Waals surface area (Å²) in [6.07, 6.45) is -0.295. The minimum absolute atomic E-state index is 0.283. The normalized spacial score (nSPS) is 12.8. The molecule has 4 heteroatoms. The monoisotopic (exact) mass is 301 g/mol. The molecular weight excluding hydrogens is 282 g/mol. The maximum absolute atomic E-state index is 9.65. The van der Waals surface area contributed by atoms with Gasteiger partial charge >= 0.3 is 0 Å². The van der Waals surface area contributed by atoms with E-state index in [9.17, 15) is 5.11 Å². The van der Waals surface area contributed by atoms with Crippen LogP contribution in [0.4, 0.5) is 0 Å². The van der Waals surface area contributed by atoms with Crippen LogP contribution in [0.2, 0.25) is 0 Å². The van der Waals surface area contributed by atoms with Crippen molar-refractivity contribution in [3.05, 3.63) is 28.2 Å². The van der Waals surface area contributed by atoms with E-state index in [4.69, 9.17) is 4.74 Å². The topological polar surface area (TPSA) is 41.5 Å². The van der Waals surface area contributed by atoms with Gasteiger partial charge in [0.25, 0.3) is 0 Å². The maximum atomic E-state index is 9.65. The summed E-state index contributed by atoms with van der Waals surface area (Å²) in [4.78, 5) is 0. The zero-order chi connectivity index (χ0) is 12.8. The summed E-state index contributed by atoms with van der Waals surface area (Å²) in [5, 5.41) is 12.9. The van der Waals surface area contributed by atoms with Gasteiger partial charge in [0.1, 0.15) is 5.75 Å². The first-order valence-corrected chi connectivity index (χ1v) is 6.55. The number of hydrogen-bond donors (Lipinski definition) is 2. The van der Waals surface area contributed by atoms with Gasteiger partial charge in [0.2, 0.25) is 0 Å². The van der Waals surface area contributed by atoms with Crippen LogP contribution < -0.4 is 10.1 Å². The molecule has 0 aliphatic rings. The number of halogens is 1. The van der Waals surface area contributed by atoms with Crippen molar-refractivity contribution in [1.29, 1.82) is 0 Å². The number of hydrogen-bond acceptors (Lipinski definition) is 3. The molecule has 1 unspecified atom stereocenters. The van der Waals surface area contributed by atoms with Crippen molar-refractivity contribution < 1.29 is 9.84 Å². The minimum atomic E-state index is -0.295. The number of nitrogens with one attached hydrogen (secondary N) is 1. The SMILES string of the molecule is COc1ccc(CNCC(O)C(C)C)cc1Br. The van der Waals surface area contributed by atoms with E-state index in [1.54, 1.807) is 7.11 Å². The molecule has 0 saturated carbocycles. The zero-order valence-corrected chi connectivity index (χ0v) is 12.1. The zero-order valence-electron chi connectivity index (χ0n) is 10.5. The number of aliphatic hydroxyl groups is 1. The summed E-state index contributed by atoms with van der Waals surface area (Å²) < 4.78 is 6.11. The van der Waals surface area contributed by atoms with Gasteiger partial charge in [0, 0.05) is 13.1 Å². The smallest absolute Gasteiger partial charge is 0.133 e. The van der Waals surface area contributed by atoms with Gasteiger partial charge < -0.3 is 15.2 Å². The van der Waals surface area contributed by atoms with Gasteiger partial charge in [0.05, 0.1) is 17.7 Å². The molecule has 0 radical (unpaired) electrons. The molecule has 1 rings (SSSR count). The molecule has 1 atom stereocenters. The number of benzene rings is 1. The van der Waals surface area contributed by atoms with E-state index in [2.05, 4.69) is 21.2 Å². The Labute approximate surface area is 111 Å². The Morgan fingerprint density at radius 1 is 1.41 bits per heavy atom. The van der Waals surface area contributed by atoms with Crippen LogP contribution in [0.25, 0.3) is 0 Å². The molecule has 0 aliphatic carbocycles. The van der Waals surface area contributed by atoms with Crippen molar-refractivity contribution in [3.63, 3.8) is 0 Å². The van der Waals surface area contributed by atoms with Crippen molar-refractivity contribution in [1.82, 2.24) is 5.32 Å². The fourth-order valence-corrected chi connectivity index (χ4v) is 2.01. The van der Waals surface area contributed by atoms with Gasteiger partial charge in [-0.2, -0.15) is 0 Å². The quantitative estimate of drug-likeness (QED) is 0.848. The summed E-state index contributed by atoms with van der Waals surface area (Å²) in [6.45, 7) is 5.38. The highest BCUT2D eigenvalue weighted by atomic mass is 79.9. The molecule has 0 saturated heterocycles. The highest BCUT2D eigenvalue weighted by Gasteiger charge is 2.08. The largest absolute Gasteiger partial charge is 0.496 e. The lowest BCUT2D eigenvalue weighted by molar-refractivity contribution is 0.123. The fraction of sp³-hybridized carbons (Fsp3) is 0.538. The second-order valence-corrected chi connectivity index (χ2v) is 5.27. The van der Waals surface area contributed by atoms with Crippen LogP contribution in [0.5, 0.6) is 5.75 Å². The number of rotatable bonds is 6. The summed E-state index contributed by atoms with van der Waals surface area (Å²) in [7, 11) is 1.65. The Kier molecular flexibility index (Phi) is 5.95. The third-order valence-electron chi connectivity index (χ3n) is 2.67. The molecule has 0 aromatic heterocycles. The molecule has 0 bridgehead atoms. The van der Waals surface area contributed by atoms with Gasteiger partial charge in [-0.3, -0.25) is 0 Å². The van der Waals surface area contributed by atoms with E-state index < -0.39 is 0 Å². The summed E-state index contributed by atoms with van der Waals surface area (Å²) in [5.74, 6) is 1.11. The first-order chi connectivity index (χ1) is 8.04. The molecule has 0 aliphatic heterocycles. The van der Waals surface area contributed by atoms with Crippen molar-refractivity contribution in [2.75, 3.05) is 13.7 Å². The molecule has 1 aromatic rings. The highest BCUT2D eigenvalue weighted by Crippen LogP contribution is 2.25. The molecular formula is C13H20BrNO2. The Balaban J connectivity index is 2.45. The van der Waals surface area contributed by atoms with Crippen LogP contribution in [0, 0.1) is 5.92 Å². The van der Waals surface area contributed by atoms with Crippen molar-refractivity contribution in [3.8, 4) is 5.75 Å².